The molecular formula is C8H19N. The van der Waals surface area contributed by atoms with Crippen molar-refractivity contribution >= 4 is 0 Å². The maximum absolute atomic E-state index is 3.33. The van der Waals surface area contributed by atoms with Crippen molar-refractivity contribution in [2.45, 2.75) is 27.7 Å². The first-order valence-corrected chi connectivity index (χ1v) is 3.89. The van der Waals surface area contributed by atoms with Crippen LogP contribution in [0.25, 0.3) is 0 Å². The highest BCUT2D eigenvalue weighted by Crippen LogP contribution is 2.06. The van der Waals surface area contributed by atoms with Gasteiger partial charge in [0.1, 0.15) is 0 Å². The van der Waals surface area contributed by atoms with E-state index in [1.54, 1.807) is 0 Å². The Balaban J connectivity index is 3.16. The number of hydrogen-bond donors (Lipinski definition) is 1. The summed E-state index contributed by atoms with van der Waals surface area (Å²) in [5, 5.41) is 3.33. The number of hydrogen-bond acceptors (Lipinski definition) is 1. The summed E-state index contributed by atoms with van der Waals surface area (Å²) in [6, 6.07) is 0. The van der Waals surface area contributed by atoms with Crippen LogP contribution in [0, 0.1) is 11.8 Å². The van der Waals surface area contributed by atoms with Crippen molar-refractivity contribution in [2.24, 2.45) is 11.8 Å². The van der Waals surface area contributed by atoms with Crippen molar-refractivity contribution < 1.29 is 0 Å². The molecule has 0 fully saturated rings. The summed E-state index contributed by atoms with van der Waals surface area (Å²) < 4.78 is 0. The minimum Gasteiger partial charge on any atom is -0.317 e. The highest BCUT2D eigenvalue weighted by molar-refractivity contribution is 4.58. The second-order valence-corrected chi connectivity index (χ2v) is 3.03. The summed E-state index contributed by atoms with van der Waals surface area (Å²) in [6.45, 7) is 11.2. The zero-order chi connectivity index (χ0) is 7.28. The largest absolute Gasteiger partial charge is 0.317 e. The normalized spacial score (nSPS) is 14.3. The Labute approximate surface area is 58.8 Å². The van der Waals surface area contributed by atoms with E-state index in [4.69, 9.17) is 0 Å². The molecule has 1 nitrogen and oxygen atoms in total. The van der Waals surface area contributed by atoms with E-state index in [0.29, 0.717) is 0 Å². The van der Waals surface area contributed by atoms with Crippen LogP contribution < -0.4 is 5.32 Å². The van der Waals surface area contributed by atoms with Crippen LogP contribution in [0.4, 0.5) is 0 Å². The topological polar surface area (TPSA) is 12.0 Å². The summed E-state index contributed by atoms with van der Waals surface area (Å²) in [4.78, 5) is 0. The second kappa shape index (κ2) is 4.80. The molecule has 0 radical (unpaired) electrons. The van der Waals surface area contributed by atoms with Crippen LogP contribution in [0.5, 0.6) is 0 Å². The van der Waals surface area contributed by atoms with E-state index in [9.17, 15) is 0 Å². The summed E-state index contributed by atoms with van der Waals surface area (Å²) in [6.07, 6.45) is 0. The molecule has 0 aromatic rings. The monoisotopic (exact) mass is 129 g/mol. The molecule has 0 amide bonds. The van der Waals surface area contributed by atoms with Crippen LogP contribution in [0.3, 0.4) is 0 Å². The van der Waals surface area contributed by atoms with Gasteiger partial charge in [-0.3, -0.25) is 0 Å². The van der Waals surface area contributed by atoms with Gasteiger partial charge in [-0.1, -0.05) is 27.7 Å². The summed E-state index contributed by atoms with van der Waals surface area (Å²) in [7, 11) is 0. The van der Waals surface area contributed by atoms with Gasteiger partial charge in [0.2, 0.25) is 0 Å². The SMILES string of the molecule is CCNCC(C)C(C)C. The van der Waals surface area contributed by atoms with E-state index < -0.39 is 0 Å². The van der Waals surface area contributed by atoms with E-state index >= 15 is 0 Å². The molecule has 1 atom stereocenters. The van der Waals surface area contributed by atoms with E-state index in [1.807, 2.05) is 0 Å². The maximum atomic E-state index is 3.33. The van der Waals surface area contributed by atoms with Gasteiger partial charge >= 0.3 is 0 Å². The van der Waals surface area contributed by atoms with Crippen molar-refractivity contribution in [2.75, 3.05) is 13.1 Å². The molecule has 9 heavy (non-hydrogen) atoms. The summed E-state index contributed by atoms with van der Waals surface area (Å²) in [5.74, 6) is 1.62. The molecule has 0 aliphatic rings. The van der Waals surface area contributed by atoms with Gasteiger partial charge in [-0.2, -0.15) is 0 Å². The molecule has 0 aromatic carbocycles. The lowest BCUT2D eigenvalue weighted by molar-refractivity contribution is 0.397. The van der Waals surface area contributed by atoms with Gasteiger partial charge in [-0.05, 0) is 24.9 Å². The lowest BCUT2D eigenvalue weighted by Crippen LogP contribution is -2.23. The quantitative estimate of drug-likeness (QED) is 0.611. The van der Waals surface area contributed by atoms with Gasteiger partial charge in [-0.25, -0.2) is 0 Å². The average molecular weight is 129 g/mol. The predicted molar refractivity (Wildman–Crippen MR) is 42.5 cm³/mol. The average Bonchev–Trinajstić information content (AvgIpc) is 1.82. The molecule has 0 saturated heterocycles. The molecule has 0 rings (SSSR count). The molecule has 0 bridgehead atoms. The van der Waals surface area contributed by atoms with Crippen molar-refractivity contribution in [3.63, 3.8) is 0 Å². The standard InChI is InChI=1S/C8H19N/c1-5-9-6-8(4)7(2)3/h7-9H,5-6H2,1-4H3. The summed E-state index contributed by atoms with van der Waals surface area (Å²) >= 11 is 0. The first-order chi connectivity index (χ1) is 4.18. The van der Waals surface area contributed by atoms with Crippen LogP contribution in [0.1, 0.15) is 27.7 Å². The van der Waals surface area contributed by atoms with Crippen molar-refractivity contribution in [3.8, 4) is 0 Å². The molecule has 0 saturated carbocycles. The van der Waals surface area contributed by atoms with Crippen molar-refractivity contribution in [1.29, 1.82) is 0 Å². The van der Waals surface area contributed by atoms with Crippen LogP contribution in [0.2, 0.25) is 0 Å². The van der Waals surface area contributed by atoms with Crippen molar-refractivity contribution in [3.05, 3.63) is 0 Å². The van der Waals surface area contributed by atoms with Gasteiger partial charge in [0.25, 0.3) is 0 Å². The fraction of sp³-hybridized carbons (Fsp3) is 1.00. The van der Waals surface area contributed by atoms with Crippen LogP contribution in [-0.4, -0.2) is 13.1 Å². The zero-order valence-corrected chi connectivity index (χ0v) is 7.07. The smallest absolute Gasteiger partial charge is 0.00208 e. The maximum Gasteiger partial charge on any atom is -0.00208 e. The third-order valence-corrected chi connectivity index (χ3v) is 1.85. The Bertz CT molecular complexity index is 59.6. The van der Waals surface area contributed by atoms with Gasteiger partial charge in [0.05, 0.1) is 0 Å². The summed E-state index contributed by atoms with van der Waals surface area (Å²) in [5.41, 5.74) is 0. The third-order valence-electron chi connectivity index (χ3n) is 1.85. The van der Waals surface area contributed by atoms with Gasteiger partial charge < -0.3 is 5.32 Å². The molecule has 56 valence electrons. The van der Waals surface area contributed by atoms with Gasteiger partial charge in [0, 0.05) is 0 Å². The number of rotatable bonds is 4. The lowest BCUT2D eigenvalue weighted by atomic mass is 9.98. The molecule has 1 unspecified atom stereocenters. The Morgan fingerprint density at radius 1 is 1.22 bits per heavy atom. The zero-order valence-electron chi connectivity index (χ0n) is 7.07. The Hall–Kier alpha value is -0.0400. The van der Waals surface area contributed by atoms with Gasteiger partial charge in [0.15, 0.2) is 0 Å². The van der Waals surface area contributed by atoms with Crippen LogP contribution in [0.15, 0.2) is 0 Å². The Morgan fingerprint density at radius 3 is 2.11 bits per heavy atom. The molecule has 0 heterocycles. The highest BCUT2D eigenvalue weighted by atomic mass is 14.8. The van der Waals surface area contributed by atoms with E-state index in [-0.39, 0.29) is 0 Å². The highest BCUT2D eigenvalue weighted by Gasteiger charge is 2.04. The molecule has 0 aliphatic heterocycles. The Morgan fingerprint density at radius 2 is 1.78 bits per heavy atom. The molecule has 1 N–H and O–H groups in total. The van der Waals surface area contributed by atoms with Crippen LogP contribution >= 0.6 is 0 Å². The number of nitrogens with one attached hydrogen (secondary N) is 1. The minimum atomic E-state index is 0.809. The van der Waals surface area contributed by atoms with E-state index in [2.05, 4.69) is 33.0 Å². The lowest BCUT2D eigenvalue weighted by Gasteiger charge is -2.14. The van der Waals surface area contributed by atoms with Gasteiger partial charge in [-0.15, -0.1) is 0 Å². The predicted octanol–water partition coefficient (Wildman–Crippen LogP) is 1.89. The fourth-order valence-corrected chi connectivity index (χ4v) is 0.608. The molecule has 0 aliphatic carbocycles. The van der Waals surface area contributed by atoms with E-state index in [1.165, 1.54) is 0 Å². The van der Waals surface area contributed by atoms with Crippen molar-refractivity contribution in [1.82, 2.24) is 5.32 Å². The fourth-order valence-electron chi connectivity index (χ4n) is 0.608. The Kier molecular flexibility index (Phi) is 4.78. The molecule has 0 spiro atoms. The third kappa shape index (κ3) is 4.46. The van der Waals surface area contributed by atoms with E-state index in [0.717, 1.165) is 24.9 Å². The first kappa shape index (κ1) is 8.96. The molecule has 0 aromatic heterocycles. The molecule has 1 heteroatoms. The molecular weight excluding hydrogens is 110 g/mol. The van der Waals surface area contributed by atoms with Crippen LogP contribution in [-0.2, 0) is 0 Å². The second-order valence-electron chi connectivity index (χ2n) is 3.03. The minimum absolute atomic E-state index is 0.809. The first-order valence-electron chi connectivity index (χ1n) is 3.89.